The van der Waals surface area contributed by atoms with E-state index in [1.807, 2.05) is 0 Å². The Balaban J connectivity index is 1.66. The maximum Gasteiger partial charge on any atom is 0.407 e. The van der Waals surface area contributed by atoms with Gasteiger partial charge in [0.25, 0.3) is 0 Å². The summed E-state index contributed by atoms with van der Waals surface area (Å²) in [6.45, 7) is 6.61. The minimum absolute atomic E-state index is 0.00227. The molecule has 2 N–H and O–H groups in total. The molecule has 0 aromatic rings. The van der Waals surface area contributed by atoms with Crippen LogP contribution < -0.4 is 5.32 Å². The molecule has 36 heavy (non-hydrogen) atoms. The van der Waals surface area contributed by atoms with Crippen molar-refractivity contribution < 1.29 is 62.1 Å². The topological polar surface area (TPSA) is 159 Å². The van der Waals surface area contributed by atoms with Gasteiger partial charge in [0, 0.05) is 0 Å². The minimum Gasteiger partial charge on any atom is -0.460 e. The summed E-state index contributed by atoms with van der Waals surface area (Å²) in [5.74, 6) is -0.528. The minimum atomic E-state index is -0.528. The Morgan fingerprint density at radius 2 is 1.08 bits per heavy atom. The number of rotatable bonds is 27. The summed E-state index contributed by atoms with van der Waals surface area (Å²) >= 11 is 0. The van der Waals surface area contributed by atoms with Crippen LogP contribution in [-0.4, -0.2) is 149 Å². The lowest BCUT2D eigenvalue weighted by Crippen LogP contribution is -2.24. The molecule has 14 heteroatoms. The second-order valence-corrected chi connectivity index (χ2v) is 7.15. The molecule has 1 heterocycles. The van der Waals surface area contributed by atoms with Crippen LogP contribution in [0.1, 0.15) is 0 Å². The summed E-state index contributed by atoms with van der Waals surface area (Å²) < 4.78 is 52.2. The van der Waals surface area contributed by atoms with Crippen molar-refractivity contribution in [2.75, 3.05) is 125 Å². The number of carbonyl (C=O) groups excluding carboxylic acids is 2. The molecule has 0 saturated carbocycles. The molecule has 0 aromatic carbocycles. The van der Waals surface area contributed by atoms with Gasteiger partial charge in [-0.2, -0.15) is 0 Å². The summed E-state index contributed by atoms with van der Waals surface area (Å²) in [7, 11) is 0. The lowest BCUT2D eigenvalue weighted by Gasteiger charge is -2.09. The molecule has 1 aliphatic heterocycles. The van der Waals surface area contributed by atoms with Crippen LogP contribution in [0.5, 0.6) is 0 Å². The predicted molar refractivity (Wildman–Crippen MR) is 123 cm³/mol. The van der Waals surface area contributed by atoms with Gasteiger partial charge in [-0.05, 0) is 0 Å². The number of carbonyl (C=O) groups is 2. The van der Waals surface area contributed by atoms with Crippen LogP contribution in [0.15, 0.2) is 0 Å². The number of alkyl carbamates (subject to hydrolysis) is 1. The van der Waals surface area contributed by atoms with Crippen LogP contribution in [0.2, 0.25) is 0 Å². The average molecular weight is 528 g/mol. The number of amides is 1. The molecular weight excluding hydrogens is 486 g/mol. The molecule has 1 amide bonds. The second-order valence-electron chi connectivity index (χ2n) is 7.15. The predicted octanol–water partition coefficient (Wildman–Crippen LogP) is -1.24. The summed E-state index contributed by atoms with van der Waals surface area (Å²) in [5, 5.41) is 11.0. The molecule has 0 unspecified atom stereocenters. The van der Waals surface area contributed by atoms with Crippen molar-refractivity contribution in [1.29, 1.82) is 0 Å². The van der Waals surface area contributed by atoms with E-state index in [0.29, 0.717) is 99.0 Å². The van der Waals surface area contributed by atoms with Gasteiger partial charge in [-0.3, -0.25) is 0 Å². The first kappa shape index (κ1) is 32.4. The second kappa shape index (κ2) is 25.0. The van der Waals surface area contributed by atoms with Crippen LogP contribution in [0.4, 0.5) is 4.79 Å². The fourth-order valence-corrected chi connectivity index (χ4v) is 2.51. The fourth-order valence-electron chi connectivity index (χ4n) is 2.51. The molecule has 1 atom stereocenters. The smallest absolute Gasteiger partial charge is 0.407 e. The van der Waals surface area contributed by atoms with E-state index in [-0.39, 0.29) is 26.4 Å². The van der Waals surface area contributed by atoms with E-state index >= 15 is 0 Å². The molecule has 0 radical (unpaired) electrons. The van der Waals surface area contributed by atoms with Crippen molar-refractivity contribution >= 4 is 12.1 Å². The van der Waals surface area contributed by atoms with E-state index in [0.717, 1.165) is 0 Å². The van der Waals surface area contributed by atoms with Gasteiger partial charge in [-0.25, -0.2) is 9.59 Å². The lowest BCUT2D eigenvalue weighted by atomic mass is 10.4. The quantitative estimate of drug-likeness (QED) is 0.0966. The van der Waals surface area contributed by atoms with E-state index < -0.39 is 18.2 Å². The van der Waals surface area contributed by atoms with Gasteiger partial charge in [0.15, 0.2) is 6.10 Å². The maximum absolute atomic E-state index is 11.5. The highest BCUT2D eigenvalue weighted by molar-refractivity contribution is 5.71. The Labute approximate surface area is 211 Å². The van der Waals surface area contributed by atoms with Gasteiger partial charge in [0.1, 0.15) is 13.2 Å². The van der Waals surface area contributed by atoms with Crippen molar-refractivity contribution in [2.24, 2.45) is 0 Å². The molecule has 0 aliphatic carbocycles. The molecule has 0 aromatic heterocycles. The average Bonchev–Trinajstić information content (AvgIpc) is 3.30. The van der Waals surface area contributed by atoms with Gasteiger partial charge in [-0.1, -0.05) is 0 Å². The van der Waals surface area contributed by atoms with E-state index in [9.17, 15) is 9.59 Å². The lowest BCUT2D eigenvalue weighted by molar-refractivity contribution is -0.151. The number of esters is 1. The maximum atomic E-state index is 11.5. The van der Waals surface area contributed by atoms with E-state index in [1.165, 1.54) is 0 Å². The van der Waals surface area contributed by atoms with Gasteiger partial charge in [0.05, 0.1) is 112 Å². The molecule has 1 saturated heterocycles. The van der Waals surface area contributed by atoms with Crippen molar-refractivity contribution in [3.05, 3.63) is 0 Å². The zero-order chi connectivity index (χ0) is 25.9. The first-order valence-corrected chi connectivity index (χ1v) is 12.0. The van der Waals surface area contributed by atoms with Crippen LogP contribution in [0.3, 0.4) is 0 Å². The SMILES string of the molecule is O=C(COCCOCCOCCOCCOCCOCCOCCOCCO)OC[C@@H]1CNC(=O)O1. The number of cyclic esters (lactones) is 1. The summed E-state index contributed by atoms with van der Waals surface area (Å²) in [6, 6.07) is 0. The van der Waals surface area contributed by atoms with E-state index in [4.69, 9.17) is 52.5 Å². The fraction of sp³-hybridized carbons (Fsp3) is 0.909. The highest BCUT2D eigenvalue weighted by atomic mass is 16.6. The Morgan fingerprint density at radius 3 is 1.44 bits per heavy atom. The molecule has 1 rings (SSSR count). The summed E-state index contributed by atoms with van der Waals surface area (Å²) in [5.41, 5.74) is 0. The third-order valence-electron chi connectivity index (χ3n) is 4.24. The van der Waals surface area contributed by atoms with Crippen molar-refractivity contribution in [2.45, 2.75) is 6.10 Å². The molecule has 212 valence electrons. The number of nitrogens with one attached hydrogen (secondary N) is 1. The van der Waals surface area contributed by atoms with Gasteiger partial charge >= 0.3 is 12.1 Å². The highest BCUT2D eigenvalue weighted by Crippen LogP contribution is 2.00. The van der Waals surface area contributed by atoms with Crippen LogP contribution >= 0.6 is 0 Å². The monoisotopic (exact) mass is 527 g/mol. The van der Waals surface area contributed by atoms with Gasteiger partial charge in [-0.15, -0.1) is 0 Å². The standard InChI is InChI=1S/C22H41NO13/c24-1-2-27-3-4-28-5-6-29-7-8-30-9-10-31-11-12-32-13-14-33-15-16-34-19-21(25)35-18-20-17-23-22(26)36-20/h20,24H,1-19H2,(H,23,26)/t20-/m0/s1. The number of hydrogen-bond donors (Lipinski definition) is 2. The van der Waals surface area contributed by atoms with Crippen molar-refractivity contribution in [3.8, 4) is 0 Å². The molecule has 14 nitrogen and oxygen atoms in total. The van der Waals surface area contributed by atoms with E-state index in [1.54, 1.807) is 0 Å². The molecule has 0 bridgehead atoms. The zero-order valence-electron chi connectivity index (χ0n) is 20.9. The van der Waals surface area contributed by atoms with Gasteiger partial charge < -0.3 is 57.8 Å². The first-order chi connectivity index (χ1) is 17.7. The molecule has 1 aliphatic rings. The van der Waals surface area contributed by atoms with Crippen LogP contribution in [0, 0.1) is 0 Å². The Bertz CT molecular complexity index is 526. The number of hydrogen-bond acceptors (Lipinski definition) is 13. The zero-order valence-corrected chi connectivity index (χ0v) is 20.9. The molecule has 1 fully saturated rings. The summed E-state index contributed by atoms with van der Waals surface area (Å²) in [6.07, 6.45) is -0.970. The van der Waals surface area contributed by atoms with Crippen LogP contribution in [-0.2, 0) is 52.2 Å². The number of ether oxygens (including phenoxy) is 10. The Hall–Kier alpha value is -1.62. The van der Waals surface area contributed by atoms with Crippen molar-refractivity contribution in [1.82, 2.24) is 5.32 Å². The first-order valence-electron chi connectivity index (χ1n) is 12.0. The summed E-state index contributed by atoms with van der Waals surface area (Å²) in [4.78, 5) is 22.3. The largest absolute Gasteiger partial charge is 0.460 e. The highest BCUT2D eigenvalue weighted by Gasteiger charge is 2.23. The molecule has 0 spiro atoms. The third kappa shape index (κ3) is 21.6. The Kier molecular flexibility index (Phi) is 22.5. The van der Waals surface area contributed by atoms with Gasteiger partial charge in [0.2, 0.25) is 0 Å². The van der Waals surface area contributed by atoms with Crippen molar-refractivity contribution in [3.63, 3.8) is 0 Å². The molecular formula is C22H41NO13. The normalized spacial score (nSPS) is 15.1. The Morgan fingerprint density at radius 1 is 0.694 bits per heavy atom. The van der Waals surface area contributed by atoms with Crippen LogP contribution in [0.25, 0.3) is 0 Å². The third-order valence-corrected chi connectivity index (χ3v) is 4.24. The van der Waals surface area contributed by atoms with E-state index in [2.05, 4.69) is 5.32 Å². The number of aliphatic hydroxyl groups excluding tert-OH is 1. The number of aliphatic hydroxyl groups is 1.